The topological polar surface area (TPSA) is 72.4 Å². The van der Waals surface area contributed by atoms with Crippen molar-refractivity contribution in [3.8, 4) is 16.9 Å². The number of piperidine rings is 1. The molecule has 3 aromatic rings. The van der Waals surface area contributed by atoms with Gasteiger partial charge in [-0.3, -0.25) is 9.97 Å². The van der Waals surface area contributed by atoms with Gasteiger partial charge in [0.15, 0.2) is 0 Å². The summed E-state index contributed by atoms with van der Waals surface area (Å²) < 4.78 is 32.1. The molecule has 146 valence electrons. The van der Waals surface area contributed by atoms with Crippen LogP contribution in [-0.4, -0.2) is 47.6 Å². The minimum absolute atomic E-state index is 0.0144. The summed E-state index contributed by atoms with van der Waals surface area (Å²) in [4.78, 5) is 8.34. The fourth-order valence-corrected chi connectivity index (χ4v) is 4.70. The van der Waals surface area contributed by atoms with Gasteiger partial charge >= 0.3 is 0 Å². The Balaban J connectivity index is 1.60. The summed E-state index contributed by atoms with van der Waals surface area (Å²) in [5.74, 6) is 0.928. The maximum absolute atomic E-state index is 12.1. The van der Waals surface area contributed by atoms with E-state index < -0.39 is 10.0 Å². The summed E-state index contributed by atoms with van der Waals surface area (Å²) in [7, 11) is -3.13. The zero-order chi connectivity index (χ0) is 19.6. The Morgan fingerprint density at radius 1 is 1.04 bits per heavy atom. The van der Waals surface area contributed by atoms with Crippen molar-refractivity contribution in [3.05, 3.63) is 55.1 Å². The standard InChI is InChI=1S/C21H23N3O3S/c1-2-28(25,26)24-11-6-19(7-12-24)27-21-14-18(16-3-8-22-9-4-16)13-17-5-10-23-15-20(17)21/h3-5,8-10,13-15,19H,2,6-7,11-12H2,1H3. The summed E-state index contributed by atoms with van der Waals surface area (Å²) in [6.07, 6.45) is 8.49. The Morgan fingerprint density at radius 3 is 2.46 bits per heavy atom. The molecule has 0 saturated carbocycles. The third-order valence-electron chi connectivity index (χ3n) is 5.18. The molecule has 1 saturated heterocycles. The van der Waals surface area contributed by atoms with E-state index in [4.69, 9.17) is 4.74 Å². The van der Waals surface area contributed by atoms with Crippen molar-refractivity contribution in [2.24, 2.45) is 0 Å². The van der Waals surface area contributed by atoms with Crippen LogP contribution in [0.1, 0.15) is 19.8 Å². The predicted octanol–water partition coefficient (Wildman–Crippen LogP) is 3.49. The molecule has 0 aliphatic carbocycles. The molecule has 1 fully saturated rings. The Hall–Kier alpha value is -2.51. The molecule has 7 heteroatoms. The Morgan fingerprint density at radius 2 is 1.75 bits per heavy atom. The van der Waals surface area contributed by atoms with E-state index in [9.17, 15) is 8.42 Å². The maximum atomic E-state index is 12.1. The molecule has 0 atom stereocenters. The van der Waals surface area contributed by atoms with Gasteiger partial charge in [-0.25, -0.2) is 12.7 Å². The highest BCUT2D eigenvalue weighted by Gasteiger charge is 2.28. The van der Waals surface area contributed by atoms with E-state index in [1.54, 1.807) is 29.8 Å². The number of pyridine rings is 2. The molecule has 0 amide bonds. The predicted molar refractivity (Wildman–Crippen MR) is 110 cm³/mol. The molecule has 2 aromatic heterocycles. The van der Waals surface area contributed by atoms with Crippen molar-refractivity contribution in [1.29, 1.82) is 0 Å². The van der Waals surface area contributed by atoms with Crippen molar-refractivity contribution < 1.29 is 13.2 Å². The number of ether oxygens (including phenoxy) is 1. The lowest BCUT2D eigenvalue weighted by molar-refractivity contribution is 0.137. The number of rotatable bonds is 5. The highest BCUT2D eigenvalue weighted by atomic mass is 32.2. The molecular formula is C21H23N3O3S. The van der Waals surface area contributed by atoms with Crippen molar-refractivity contribution in [2.45, 2.75) is 25.9 Å². The molecule has 1 aliphatic rings. The summed E-state index contributed by atoms with van der Waals surface area (Å²) >= 11 is 0. The van der Waals surface area contributed by atoms with Gasteiger partial charge in [-0.1, -0.05) is 0 Å². The van der Waals surface area contributed by atoms with Crippen molar-refractivity contribution in [1.82, 2.24) is 14.3 Å². The van der Waals surface area contributed by atoms with Crippen LogP contribution in [0.2, 0.25) is 0 Å². The fourth-order valence-electron chi connectivity index (χ4n) is 3.56. The average molecular weight is 398 g/mol. The van der Waals surface area contributed by atoms with Crippen LogP contribution >= 0.6 is 0 Å². The number of hydrogen-bond donors (Lipinski definition) is 0. The number of nitrogens with zero attached hydrogens (tertiary/aromatic N) is 3. The first kappa shape index (κ1) is 18.8. The van der Waals surface area contributed by atoms with Crippen LogP contribution < -0.4 is 4.74 Å². The third-order valence-corrected chi connectivity index (χ3v) is 7.07. The highest BCUT2D eigenvalue weighted by Crippen LogP contribution is 2.33. The summed E-state index contributed by atoms with van der Waals surface area (Å²) in [6, 6.07) is 10.1. The van der Waals surface area contributed by atoms with Crippen LogP contribution in [-0.2, 0) is 10.0 Å². The molecule has 1 aromatic carbocycles. The molecule has 0 N–H and O–H groups in total. The van der Waals surface area contributed by atoms with Gasteiger partial charge in [-0.05, 0) is 66.6 Å². The van der Waals surface area contributed by atoms with Crippen LogP contribution in [0.4, 0.5) is 0 Å². The lowest BCUT2D eigenvalue weighted by Gasteiger charge is -2.31. The minimum atomic E-state index is -3.13. The SMILES string of the molecule is CCS(=O)(=O)N1CCC(Oc2cc(-c3ccncc3)cc3ccncc23)CC1. The normalized spacial score (nSPS) is 16.3. The minimum Gasteiger partial charge on any atom is -0.490 e. The number of aromatic nitrogens is 2. The van der Waals surface area contributed by atoms with Crippen LogP contribution in [0.5, 0.6) is 5.75 Å². The van der Waals surface area contributed by atoms with Crippen LogP contribution in [0.25, 0.3) is 21.9 Å². The first-order valence-electron chi connectivity index (χ1n) is 9.49. The largest absolute Gasteiger partial charge is 0.490 e. The van der Waals surface area contributed by atoms with E-state index in [1.165, 1.54) is 0 Å². The molecule has 0 unspecified atom stereocenters. The second kappa shape index (κ2) is 7.85. The van der Waals surface area contributed by atoms with E-state index in [-0.39, 0.29) is 11.9 Å². The molecule has 0 radical (unpaired) electrons. The van der Waals surface area contributed by atoms with Gasteiger partial charge in [0.25, 0.3) is 0 Å². The second-order valence-corrected chi connectivity index (χ2v) is 9.18. The lowest BCUT2D eigenvalue weighted by atomic mass is 10.0. The molecule has 3 heterocycles. The molecule has 1 aliphatic heterocycles. The number of sulfonamides is 1. The molecule has 4 rings (SSSR count). The van der Waals surface area contributed by atoms with Gasteiger partial charge in [0.05, 0.1) is 5.75 Å². The average Bonchev–Trinajstić information content (AvgIpc) is 2.74. The quantitative estimate of drug-likeness (QED) is 0.659. The van der Waals surface area contributed by atoms with Crippen LogP contribution in [0, 0.1) is 0 Å². The Bertz CT molecular complexity index is 1060. The monoisotopic (exact) mass is 397 g/mol. The highest BCUT2D eigenvalue weighted by molar-refractivity contribution is 7.89. The number of fused-ring (bicyclic) bond motifs is 1. The lowest BCUT2D eigenvalue weighted by Crippen LogP contribution is -2.42. The second-order valence-electron chi connectivity index (χ2n) is 6.92. The van der Waals surface area contributed by atoms with E-state index in [1.807, 2.05) is 30.5 Å². The number of hydrogen-bond acceptors (Lipinski definition) is 5. The van der Waals surface area contributed by atoms with E-state index in [0.717, 1.165) is 27.6 Å². The van der Waals surface area contributed by atoms with Crippen molar-refractivity contribution >= 4 is 20.8 Å². The van der Waals surface area contributed by atoms with Gasteiger partial charge in [-0.15, -0.1) is 0 Å². The van der Waals surface area contributed by atoms with E-state index in [2.05, 4.69) is 16.0 Å². The smallest absolute Gasteiger partial charge is 0.213 e. The van der Waals surface area contributed by atoms with Gasteiger partial charge in [0.1, 0.15) is 11.9 Å². The van der Waals surface area contributed by atoms with Gasteiger partial charge in [0.2, 0.25) is 10.0 Å². The molecular weight excluding hydrogens is 374 g/mol. The zero-order valence-electron chi connectivity index (χ0n) is 15.8. The summed E-state index contributed by atoms with van der Waals surface area (Å²) in [5, 5.41) is 2.02. The van der Waals surface area contributed by atoms with Crippen molar-refractivity contribution in [3.63, 3.8) is 0 Å². The van der Waals surface area contributed by atoms with Crippen molar-refractivity contribution in [2.75, 3.05) is 18.8 Å². The van der Waals surface area contributed by atoms with Crippen LogP contribution in [0.3, 0.4) is 0 Å². The molecule has 0 spiro atoms. The Kier molecular flexibility index (Phi) is 5.28. The van der Waals surface area contributed by atoms with E-state index >= 15 is 0 Å². The Labute approximate surface area is 165 Å². The molecule has 0 bridgehead atoms. The summed E-state index contributed by atoms with van der Waals surface area (Å²) in [5.41, 5.74) is 2.13. The zero-order valence-corrected chi connectivity index (χ0v) is 16.6. The molecule has 6 nitrogen and oxygen atoms in total. The van der Waals surface area contributed by atoms with Gasteiger partial charge in [0, 0.05) is 43.3 Å². The molecule has 28 heavy (non-hydrogen) atoms. The number of benzene rings is 1. The van der Waals surface area contributed by atoms with Crippen LogP contribution in [0.15, 0.2) is 55.1 Å². The van der Waals surface area contributed by atoms with Gasteiger partial charge in [-0.2, -0.15) is 0 Å². The first-order valence-corrected chi connectivity index (χ1v) is 11.1. The maximum Gasteiger partial charge on any atom is 0.213 e. The van der Waals surface area contributed by atoms with E-state index in [0.29, 0.717) is 25.9 Å². The third kappa shape index (κ3) is 3.86. The summed E-state index contributed by atoms with van der Waals surface area (Å²) in [6.45, 7) is 2.68. The fraction of sp³-hybridized carbons (Fsp3) is 0.333. The van der Waals surface area contributed by atoms with Gasteiger partial charge < -0.3 is 4.74 Å². The first-order chi connectivity index (χ1) is 13.6.